The van der Waals surface area contributed by atoms with Gasteiger partial charge in [0.1, 0.15) is 11.5 Å². The van der Waals surface area contributed by atoms with Crippen molar-refractivity contribution < 1.29 is 14.0 Å². The molecule has 3 N–H and O–H groups in total. The van der Waals surface area contributed by atoms with Crippen molar-refractivity contribution >= 4 is 40.1 Å². The summed E-state index contributed by atoms with van der Waals surface area (Å²) in [5, 5.41) is 6.79. The molecule has 0 aliphatic rings. The summed E-state index contributed by atoms with van der Waals surface area (Å²) in [5.74, 6) is -0.772. The van der Waals surface area contributed by atoms with E-state index in [2.05, 4.69) is 20.6 Å². The second-order valence-corrected chi connectivity index (χ2v) is 9.46. The third-order valence-electron chi connectivity index (χ3n) is 5.29. The lowest BCUT2D eigenvalue weighted by molar-refractivity contribution is -0.128. The lowest BCUT2D eigenvalue weighted by atomic mass is 9.95. The summed E-state index contributed by atoms with van der Waals surface area (Å²) in [6.07, 6.45) is 1.55. The molecule has 2 aromatic carbocycles. The molecule has 34 heavy (non-hydrogen) atoms. The maximum Gasteiger partial charge on any atom is 0.257 e. The second-order valence-electron chi connectivity index (χ2n) is 9.05. The van der Waals surface area contributed by atoms with Crippen molar-refractivity contribution in [2.45, 2.75) is 27.3 Å². The highest BCUT2D eigenvalue weighted by molar-refractivity contribution is 6.34. The fraction of sp³-hybridized carbons (Fsp3) is 0.192. The number of carbonyl (C=O) groups is 2. The minimum absolute atomic E-state index is 0.0839. The Morgan fingerprint density at radius 1 is 1.06 bits per heavy atom. The number of aromatic nitrogens is 2. The van der Waals surface area contributed by atoms with Crippen LogP contribution in [0.1, 0.15) is 36.7 Å². The first-order chi connectivity index (χ1) is 16.1. The van der Waals surface area contributed by atoms with Crippen LogP contribution in [-0.2, 0) is 11.3 Å². The minimum atomic E-state index is -0.507. The molecular formula is C26H24ClFN4O2. The molecule has 0 saturated heterocycles. The molecule has 0 radical (unpaired) electrons. The topological polar surface area (TPSA) is 86.9 Å². The van der Waals surface area contributed by atoms with Gasteiger partial charge in [-0.1, -0.05) is 38.4 Å². The summed E-state index contributed by atoms with van der Waals surface area (Å²) in [6.45, 7) is 5.79. The van der Waals surface area contributed by atoms with Gasteiger partial charge in [0.2, 0.25) is 5.91 Å². The number of benzene rings is 2. The summed E-state index contributed by atoms with van der Waals surface area (Å²) in [5.41, 5.74) is 3.32. The van der Waals surface area contributed by atoms with Crippen LogP contribution in [-0.4, -0.2) is 21.8 Å². The minimum Gasteiger partial charge on any atom is -0.352 e. The highest BCUT2D eigenvalue weighted by atomic mass is 35.5. The average molecular weight is 479 g/mol. The van der Waals surface area contributed by atoms with Crippen molar-refractivity contribution in [2.75, 3.05) is 5.32 Å². The molecule has 8 heteroatoms. The van der Waals surface area contributed by atoms with Crippen LogP contribution in [0.25, 0.3) is 22.3 Å². The average Bonchev–Trinajstić information content (AvgIpc) is 3.21. The maximum absolute atomic E-state index is 13.2. The fourth-order valence-corrected chi connectivity index (χ4v) is 3.57. The number of carbonyl (C=O) groups excluding carboxylic acids is 2. The zero-order chi connectivity index (χ0) is 24.5. The van der Waals surface area contributed by atoms with Crippen LogP contribution in [0.5, 0.6) is 0 Å². The van der Waals surface area contributed by atoms with Crippen molar-refractivity contribution in [3.8, 4) is 11.3 Å². The van der Waals surface area contributed by atoms with Crippen molar-refractivity contribution in [2.24, 2.45) is 5.41 Å². The van der Waals surface area contributed by atoms with E-state index >= 15 is 0 Å². The van der Waals surface area contributed by atoms with Gasteiger partial charge in [0.05, 0.1) is 22.5 Å². The molecule has 0 aliphatic carbocycles. The molecule has 2 aromatic heterocycles. The van der Waals surface area contributed by atoms with Gasteiger partial charge in [-0.3, -0.25) is 9.59 Å². The van der Waals surface area contributed by atoms with Crippen LogP contribution < -0.4 is 10.6 Å². The molecule has 0 bridgehead atoms. The number of hydrogen-bond donors (Lipinski definition) is 3. The molecule has 0 saturated carbocycles. The Hall–Kier alpha value is -3.71. The van der Waals surface area contributed by atoms with Gasteiger partial charge in [-0.05, 0) is 59.7 Å². The van der Waals surface area contributed by atoms with E-state index in [0.717, 1.165) is 22.2 Å². The first kappa shape index (κ1) is 23.4. The summed E-state index contributed by atoms with van der Waals surface area (Å²) >= 11 is 6.27. The Kier molecular flexibility index (Phi) is 6.39. The van der Waals surface area contributed by atoms with Gasteiger partial charge in [0.15, 0.2) is 0 Å². The number of nitrogens with one attached hydrogen (secondary N) is 3. The van der Waals surface area contributed by atoms with Crippen molar-refractivity contribution in [3.05, 3.63) is 82.8 Å². The summed E-state index contributed by atoms with van der Waals surface area (Å²) < 4.78 is 13.2. The number of fused-ring (bicyclic) bond motifs is 1. The Bertz CT molecular complexity index is 1370. The molecule has 0 aliphatic heterocycles. The lowest BCUT2D eigenvalue weighted by Crippen LogP contribution is -2.34. The van der Waals surface area contributed by atoms with Crippen LogP contribution in [0.2, 0.25) is 5.02 Å². The number of amides is 2. The van der Waals surface area contributed by atoms with Gasteiger partial charge in [-0.25, -0.2) is 9.37 Å². The lowest BCUT2D eigenvalue weighted by Gasteiger charge is -2.18. The number of nitrogens with zero attached hydrogens (tertiary/aromatic N) is 1. The predicted molar refractivity (Wildman–Crippen MR) is 132 cm³/mol. The molecule has 0 spiro atoms. The van der Waals surface area contributed by atoms with E-state index in [9.17, 15) is 14.0 Å². The molecule has 6 nitrogen and oxygen atoms in total. The number of halogens is 2. The molecule has 0 unspecified atom stereocenters. The quantitative estimate of drug-likeness (QED) is 0.332. The van der Waals surface area contributed by atoms with Crippen LogP contribution in [0, 0.1) is 11.2 Å². The van der Waals surface area contributed by atoms with Crippen molar-refractivity contribution in [1.29, 1.82) is 0 Å². The van der Waals surface area contributed by atoms with Gasteiger partial charge < -0.3 is 15.6 Å². The van der Waals surface area contributed by atoms with E-state index in [1.807, 2.05) is 26.8 Å². The van der Waals surface area contributed by atoms with Crippen LogP contribution in [0.3, 0.4) is 0 Å². The molecule has 0 fully saturated rings. The molecule has 0 atom stereocenters. The summed E-state index contributed by atoms with van der Waals surface area (Å²) in [4.78, 5) is 32.6. The standard InChI is InChI=1S/C26H24ClFN4O2/c1-26(2,3)25(34)30-13-15-4-9-21(27)20(10-15)24(33)31-19-11-17-12-22(32-23(17)29-14-19)16-5-7-18(28)8-6-16/h4-12,14H,13H2,1-3H3,(H,29,32)(H,30,34)(H,31,33). The number of H-pyrrole nitrogens is 1. The molecule has 2 heterocycles. The Balaban J connectivity index is 1.51. The van der Waals surface area contributed by atoms with Gasteiger partial charge >= 0.3 is 0 Å². The number of anilines is 1. The van der Waals surface area contributed by atoms with E-state index in [-0.39, 0.29) is 24.2 Å². The normalized spacial score (nSPS) is 11.4. The Morgan fingerprint density at radius 3 is 2.50 bits per heavy atom. The smallest absolute Gasteiger partial charge is 0.257 e. The molecule has 4 rings (SSSR count). The third kappa shape index (κ3) is 5.26. The molecule has 2 amide bonds. The predicted octanol–water partition coefficient (Wildman–Crippen LogP) is 5.94. The highest BCUT2D eigenvalue weighted by Crippen LogP contribution is 2.26. The van der Waals surface area contributed by atoms with Gasteiger partial charge in [-0.15, -0.1) is 0 Å². The number of pyridine rings is 1. The Morgan fingerprint density at radius 2 is 1.79 bits per heavy atom. The Labute approximate surface area is 201 Å². The van der Waals surface area contributed by atoms with E-state index in [1.165, 1.54) is 12.1 Å². The van der Waals surface area contributed by atoms with Crippen LogP contribution >= 0.6 is 11.6 Å². The zero-order valence-corrected chi connectivity index (χ0v) is 19.8. The fourth-order valence-electron chi connectivity index (χ4n) is 3.37. The van der Waals surface area contributed by atoms with E-state index in [0.29, 0.717) is 21.9 Å². The highest BCUT2D eigenvalue weighted by Gasteiger charge is 2.21. The first-order valence-electron chi connectivity index (χ1n) is 10.7. The van der Waals surface area contributed by atoms with E-state index in [1.54, 1.807) is 42.6 Å². The third-order valence-corrected chi connectivity index (χ3v) is 5.62. The maximum atomic E-state index is 13.2. The van der Waals surface area contributed by atoms with Gasteiger partial charge in [0, 0.05) is 23.0 Å². The zero-order valence-electron chi connectivity index (χ0n) is 19.0. The molecular weight excluding hydrogens is 455 g/mol. The van der Waals surface area contributed by atoms with Crippen LogP contribution in [0.4, 0.5) is 10.1 Å². The number of aromatic amines is 1. The molecule has 4 aromatic rings. The number of rotatable bonds is 5. The molecule has 174 valence electrons. The van der Waals surface area contributed by atoms with Crippen molar-refractivity contribution in [3.63, 3.8) is 0 Å². The first-order valence-corrected chi connectivity index (χ1v) is 11.1. The largest absolute Gasteiger partial charge is 0.352 e. The van der Waals surface area contributed by atoms with Crippen molar-refractivity contribution in [1.82, 2.24) is 15.3 Å². The SMILES string of the molecule is CC(C)(C)C(=O)NCc1ccc(Cl)c(C(=O)Nc2cnc3[nH]c(-c4ccc(F)cc4)cc3c2)c1. The van der Waals surface area contributed by atoms with Gasteiger partial charge in [-0.2, -0.15) is 0 Å². The second kappa shape index (κ2) is 9.27. The number of hydrogen-bond acceptors (Lipinski definition) is 3. The summed E-state index contributed by atoms with van der Waals surface area (Å²) in [6, 6.07) is 14.9. The van der Waals surface area contributed by atoms with Gasteiger partial charge in [0.25, 0.3) is 5.91 Å². The summed E-state index contributed by atoms with van der Waals surface area (Å²) in [7, 11) is 0. The van der Waals surface area contributed by atoms with E-state index < -0.39 is 5.41 Å². The van der Waals surface area contributed by atoms with E-state index in [4.69, 9.17) is 11.6 Å². The monoisotopic (exact) mass is 478 g/mol. The van der Waals surface area contributed by atoms with Crippen LogP contribution in [0.15, 0.2) is 60.8 Å².